The molecular weight excluding hydrogens is 308 g/mol. The molecule has 3 aromatic rings. The van der Waals surface area contributed by atoms with Crippen LogP contribution in [0.3, 0.4) is 0 Å². The first-order valence-electron chi connectivity index (χ1n) is 8.15. The molecule has 3 rings (SSSR count). The monoisotopic (exact) mass is 328 g/mol. The van der Waals surface area contributed by atoms with E-state index in [1.54, 1.807) is 7.11 Å². The first kappa shape index (κ1) is 16.6. The Balaban J connectivity index is 1.87. The molecule has 0 saturated carbocycles. The number of rotatable bonds is 6. The number of methoxy groups -OCH3 is 1. The average molecular weight is 328 g/mol. The molecule has 0 aliphatic heterocycles. The summed E-state index contributed by atoms with van der Waals surface area (Å²) in [7, 11) is 1.66. The molecule has 0 saturated heterocycles. The Morgan fingerprint density at radius 2 is 1.32 bits per heavy atom. The fourth-order valence-corrected chi connectivity index (χ4v) is 2.34. The standard InChI is InChI=1S/C23H20O2/c1-24-21-15-13-20(14-16-21)18-23(25-22-10-6-3-7-11-22)17-12-19-8-4-2-5-9-19/h2-18H,1H3/b17-12+,23-18-. The second-order valence-electron chi connectivity index (χ2n) is 5.48. The van der Waals surface area contributed by atoms with Crippen molar-refractivity contribution in [3.63, 3.8) is 0 Å². The normalized spacial score (nSPS) is 11.5. The predicted octanol–water partition coefficient (Wildman–Crippen LogP) is 5.83. The number of hydrogen-bond acceptors (Lipinski definition) is 2. The highest BCUT2D eigenvalue weighted by atomic mass is 16.5. The van der Waals surface area contributed by atoms with E-state index in [0.717, 1.165) is 28.4 Å². The third kappa shape index (κ3) is 5.11. The Kier molecular flexibility index (Phi) is 5.68. The number of para-hydroxylation sites is 1. The minimum Gasteiger partial charge on any atom is -0.497 e. The maximum absolute atomic E-state index is 6.04. The highest BCUT2D eigenvalue weighted by molar-refractivity contribution is 5.60. The van der Waals surface area contributed by atoms with E-state index in [9.17, 15) is 0 Å². The first-order valence-corrected chi connectivity index (χ1v) is 8.15. The third-order valence-corrected chi connectivity index (χ3v) is 3.64. The SMILES string of the molecule is COc1ccc(/C=C(/C=C/c2ccccc2)Oc2ccccc2)cc1. The molecule has 0 amide bonds. The van der Waals surface area contributed by atoms with Crippen LogP contribution in [0.25, 0.3) is 12.2 Å². The van der Waals surface area contributed by atoms with E-state index in [-0.39, 0.29) is 0 Å². The van der Waals surface area contributed by atoms with Crippen LogP contribution in [0.5, 0.6) is 11.5 Å². The molecule has 2 nitrogen and oxygen atoms in total. The van der Waals surface area contributed by atoms with E-state index in [1.807, 2.05) is 91.0 Å². The number of hydrogen-bond donors (Lipinski definition) is 0. The van der Waals surface area contributed by atoms with Gasteiger partial charge in [-0.2, -0.15) is 0 Å². The molecule has 0 bridgehead atoms. The summed E-state index contributed by atoms with van der Waals surface area (Å²) in [4.78, 5) is 0. The zero-order chi connectivity index (χ0) is 17.3. The number of ether oxygens (including phenoxy) is 2. The van der Waals surface area contributed by atoms with Crippen molar-refractivity contribution in [2.24, 2.45) is 0 Å². The van der Waals surface area contributed by atoms with Gasteiger partial charge in [0.1, 0.15) is 17.3 Å². The van der Waals surface area contributed by atoms with Gasteiger partial charge in [-0.15, -0.1) is 0 Å². The number of allylic oxidation sites excluding steroid dienone is 1. The van der Waals surface area contributed by atoms with Crippen molar-refractivity contribution < 1.29 is 9.47 Å². The molecule has 0 radical (unpaired) electrons. The summed E-state index contributed by atoms with van der Waals surface area (Å²) in [6.45, 7) is 0. The van der Waals surface area contributed by atoms with Gasteiger partial charge in [-0.1, -0.05) is 66.7 Å². The fraction of sp³-hybridized carbons (Fsp3) is 0.0435. The Labute approximate surface area is 148 Å². The molecule has 0 spiro atoms. The predicted molar refractivity (Wildman–Crippen MR) is 104 cm³/mol. The lowest BCUT2D eigenvalue weighted by Crippen LogP contribution is -1.92. The van der Waals surface area contributed by atoms with Crippen molar-refractivity contribution in [2.75, 3.05) is 7.11 Å². The smallest absolute Gasteiger partial charge is 0.128 e. The summed E-state index contributed by atoms with van der Waals surface area (Å²) in [5.41, 5.74) is 2.17. The number of benzene rings is 3. The summed E-state index contributed by atoms with van der Waals surface area (Å²) in [6.07, 6.45) is 6.02. The molecule has 0 atom stereocenters. The average Bonchev–Trinajstić information content (AvgIpc) is 2.68. The molecule has 2 heteroatoms. The van der Waals surface area contributed by atoms with Gasteiger partial charge in [0.05, 0.1) is 7.11 Å². The zero-order valence-corrected chi connectivity index (χ0v) is 14.1. The molecule has 0 N–H and O–H groups in total. The lowest BCUT2D eigenvalue weighted by Gasteiger charge is -2.07. The summed E-state index contributed by atoms with van der Waals surface area (Å²) in [6, 6.07) is 27.8. The largest absolute Gasteiger partial charge is 0.497 e. The van der Waals surface area contributed by atoms with E-state index >= 15 is 0 Å². The van der Waals surface area contributed by atoms with Crippen molar-refractivity contribution in [1.29, 1.82) is 0 Å². The van der Waals surface area contributed by atoms with Gasteiger partial charge < -0.3 is 9.47 Å². The van der Waals surface area contributed by atoms with E-state index in [0.29, 0.717) is 0 Å². The minimum atomic E-state index is 0.764. The summed E-state index contributed by atoms with van der Waals surface area (Å²) < 4.78 is 11.2. The van der Waals surface area contributed by atoms with Crippen LogP contribution >= 0.6 is 0 Å². The third-order valence-electron chi connectivity index (χ3n) is 3.64. The fourth-order valence-electron chi connectivity index (χ4n) is 2.34. The van der Waals surface area contributed by atoms with Crippen LogP contribution in [-0.4, -0.2) is 7.11 Å². The van der Waals surface area contributed by atoms with Crippen molar-refractivity contribution in [3.8, 4) is 11.5 Å². The quantitative estimate of drug-likeness (QED) is 0.419. The van der Waals surface area contributed by atoms with Crippen LogP contribution in [0.4, 0.5) is 0 Å². The van der Waals surface area contributed by atoms with Gasteiger partial charge in [0.15, 0.2) is 0 Å². The molecule has 0 aromatic heterocycles. The molecule has 0 heterocycles. The topological polar surface area (TPSA) is 18.5 Å². The van der Waals surface area contributed by atoms with Crippen LogP contribution in [0.2, 0.25) is 0 Å². The van der Waals surface area contributed by atoms with Gasteiger partial charge in [-0.25, -0.2) is 0 Å². The lowest BCUT2D eigenvalue weighted by molar-refractivity contribution is 0.414. The van der Waals surface area contributed by atoms with Crippen molar-refractivity contribution >= 4 is 12.2 Å². The minimum absolute atomic E-state index is 0.764. The van der Waals surface area contributed by atoms with Crippen molar-refractivity contribution in [1.82, 2.24) is 0 Å². The van der Waals surface area contributed by atoms with Crippen molar-refractivity contribution in [3.05, 3.63) is 108 Å². The Morgan fingerprint density at radius 3 is 1.96 bits per heavy atom. The van der Waals surface area contributed by atoms with E-state index < -0.39 is 0 Å². The Morgan fingerprint density at radius 1 is 0.680 bits per heavy atom. The van der Waals surface area contributed by atoms with Gasteiger partial charge in [0, 0.05) is 0 Å². The Bertz CT molecular complexity index is 832. The van der Waals surface area contributed by atoms with Crippen molar-refractivity contribution in [2.45, 2.75) is 0 Å². The summed E-state index contributed by atoms with van der Waals surface area (Å²) in [5.74, 6) is 2.41. The van der Waals surface area contributed by atoms with Gasteiger partial charge in [-0.05, 0) is 47.5 Å². The van der Waals surface area contributed by atoms with E-state index in [2.05, 4.69) is 12.1 Å². The van der Waals surface area contributed by atoms with E-state index in [1.165, 1.54) is 0 Å². The van der Waals surface area contributed by atoms with Gasteiger partial charge in [0.2, 0.25) is 0 Å². The van der Waals surface area contributed by atoms with Crippen LogP contribution in [0.15, 0.2) is 96.8 Å². The Hall–Kier alpha value is -3.26. The van der Waals surface area contributed by atoms with Crippen LogP contribution in [0.1, 0.15) is 11.1 Å². The molecule has 0 aliphatic carbocycles. The first-order chi connectivity index (χ1) is 12.3. The van der Waals surface area contributed by atoms with Gasteiger partial charge in [-0.3, -0.25) is 0 Å². The highest BCUT2D eigenvalue weighted by Gasteiger charge is 1.99. The van der Waals surface area contributed by atoms with Crippen LogP contribution in [-0.2, 0) is 0 Å². The van der Waals surface area contributed by atoms with Gasteiger partial charge >= 0.3 is 0 Å². The second-order valence-corrected chi connectivity index (χ2v) is 5.48. The molecule has 0 unspecified atom stereocenters. The summed E-state index contributed by atoms with van der Waals surface area (Å²) in [5, 5.41) is 0. The highest BCUT2D eigenvalue weighted by Crippen LogP contribution is 2.19. The van der Waals surface area contributed by atoms with Gasteiger partial charge in [0.25, 0.3) is 0 Å². The molecule has 124 valence electrons. The maximum Gasteiger partial charge on any atom is 0.128 e. The molecular formula is C23H20O2. The maximum atomic E-state index is 6.04. The zero-order valence-electron chi connectivity index (χ0n) is 14.1. The lowest BCUT2D eigenvalue weighted by atomic mass is 10.1. The molecule has 0 aliphatic rings. The van der Waals surface area contributed by atoms with Crippen LogP contribution < -0.4 is 9.47 Å². The van der Waals surface area contributed by atoms with E-state index in [4.69, 9.17) is 9.47 Å². The van der Waals surface area contributed by atoms with Crippen LogP contribution in [0, 0.1) is 0 Å². The molecule has 25 heavy (non-hydrogen) atoms. The molecule has 3 aromatic carbocycles. The second kappa shape index (κ2) is 8.55. The molecule has 0 fully saturated rings. The summed E-state index contributed by atoms with van der Waals surface area (Å²) >= 11 is 0.